The standard InChI is InChI=1S/C14H18N2/c1-3-4-11-16(12-10-15)13(2)14-8-6-5-7-9-14/h3,5-9,13H,1,4,11-12H2,2H3/t13-/m1/s1. The highest BCUT2D eigenvalue weighted by Gasteiger charge is 2.13. The van der Waals surface area contributed by atoms with E-state index < -0.39 is 0 Å². The molecule has 1 atom stereocenters. The Morgan fingerprint density at radius 1 is 1.44 bits per heavy atom. The molecule has 0 amide bonds. The Morgan fingerprint density at radius 3 is 2.69 bits per heavy atom. The second-order valence-electron chi connectivity index (χ2n) is 3.79. The van der Waals surface area contributed by atoms with E-state index in [1.807, 2.05) is 24.3 Å². The van der Waals surface area contributed by atoms with Crippen LogP contribution in [0.1, 0.15) is 24.9 Å². The van der Waals surface area contributed by atoms with Gasteiger partial charge in [0.25, 0.3) is 0 Å². The van der Waals surface area contributed by atoms with Crippen molar-refractivity contribution in [3.05, 3.63) is 48.6 Å². The van der Waals surface area contributed by atoms with E-state index in [1.165, 1.54) is 5.56 Å². The molecule has 0 radical (unpaired) electrons. The van der Waals surface area contributed by atoms with Crippen molar-refractivity contribution in [1.82, 2.24) is 4.90 Å². The summed E-state index contributed by atoms with van der Waals surface area (Å²) < 4.78 is 0. The fourth-order valence-electron chi connectivity index (χ4n) is 1.70. The van der Waals surface area contributed by atoms with Gasteiger partial charge in [0.15, 0.2) is 0 Å². The van der Waals surface area contributed by atoms with Crippen LogP contribution in [0.4, 0.5) is 0 Å². The van der Waals surface area contributed by atoms with Crippen LogP contribution in [0.3, 0.4) is 0 Å². The van der Waals surface area contributed by atoms with Crippen LogP contribution in [0, 0.1) is 11.3 Å². The molecule has 2 heteroatoms. The third kappa shape index (κ3) is 3.52. The monoisotopic (exact) mass is 214 g/mol. The molecule has 0 aliphatic heterocycles. The van der Waals surface area contributed by atoms with E-state index in [1.54, 1.807) is 0 Å². The molecular weight excluding hydrogens is 196 g/mol. The second-order valence-corrected chi connectivity index (χ2v) is 3.79. The van der Waals surface area contributed by atoms with Crippen LogP contribution in [0.25, 0.3) is 0 Å². The molecule has 84 valence electrons. The van der Waals surface area contributed by atoms with Gasteiger partial charge in [-0.15, -0.1) is 6.58 Å². The molecular formula is C14H18N2. The highest BCUT2D eigenvalue weighted by atomic mass is 15.1. The van der Waals surface area contributed by atoms with E-state index in [4.69, 9.17) is 5.26 Å². The Balaban J connectivity index is 2.70. The first-order chi connectivity index (χ1) is 7.79. The van der Waals surface area contributed by atoms with Gasteiger partial charge in [-0.05, 0) is 18.9 Å². The number of benzene rings is 1. The van der Waals surface area contributed by atoms with Crippen LogP contribution in [0.5, 0.6) is 0 Å². The predicted octanol–water partition coefficient (Wildman–Crippen LogP) is 3.15. The van der Waals surface area contributed by atoms with Crippen molar-refractivity contribution < 1.29 is 0 Å². The van der Waals surface area contributed by atoms with E-state index in [-0.39, 0.29) is 6.04 Å². The quantitative estimate of drug-likeness (QED) is 0.537. The van der Waals surface area contributed by atoms with Gasteiger partial charge >= 0.3 is 0 Å². The Labute approximate surface area is 97.8 Å². The fourth-order valence-corrected chi connectivity index (χ4v) is 1.70. The predicted molar refractivity (Wildman–Crippen MR) is 66.9 cm³/mol. The summed E-state index contributed by atoms with van der Waals surface area (Å²) in [5.74, 6) is 0. The molecule has 0 fully saturated rings. The summed E-state index contributed by atoms with van der Waals surface area (Å²) in [4.78, 5) is 2.16. The van der Waals surface area contributed by atoms with E-state index in [0.717, 1.165) is 13.0 Å². The van der Waals surface area contributed by atoms with Gasteiger partial charge < -0.3 is 0 Å². The first-order valence-corrected chi connectivity index (χ1v) is 5.56. The molecule has 0 spiro atoms. The van der Waals surface area contributed by atoms with Crippen LogP contribution in [-0.4, -0.2) is 18.0 Å². The summed E-state index contributed by atoms with van der Waals surface area (Å²) in [6.45, 7) is 7.19. The summed E-state index contributed by atoms with van der Waals surface area (Å²) in [5, 5.41) is 8.81. The third-order valence-electron chi connectivity index (χ3n) is 2.72. The molecule has 2 nitrogen and oxygen atoms in total. The van der Waals surface area contributed by atoms with E-state index in [9.17, 15) is 0 Å². The van der Waals surface area contributed by atoms with Crippen LogP contribution < -0.4 is 0 Å². The number of nitriles is 1. The lowest BCUT2D eigenvalue weighted by Gasteiger charge is -2.26. The summed E-state index contributed by atoms with van der Waals surface area (Å²) in [6, 6.07) is 12.8. The van der Waals surface area contributed by atoms with Crippen molar-refractivity contribution in [2.75, 3.05) is 13.1 Å². The lowest BCUT2D eigenvalue weighted by Crippen LogP contribution is -2.28. The molecule has 0 heterocycles. The van der Waals surface area contributed by atoms with Gasteiger partial charge in [0.1, 0.15) is 0 Å². The normalized spacial score (nSPS) is 12.1. The Hall–Kier alpha value is -1.59. The van der Waals surface area contributed by atoms with Crippen molar-refractivity contribution in [2.24, 2.45) is 0 Å². The SMILES string of the molecule is C=CCCN(CC#N)[C@H](C)c1ccccc1. The highest BCUT2D eigenvalue weighted by molar-refractivity contribution is 5.18. The smallest absolute Gasteiger partial charge is 0.0871 e. The minimum atomic E-state index is 0.279. The minimum Gasteiger partial charge on any atom is -0.283 e. The zero-order valence-electron chi connectivity index (χ0n) is 9.76. The van der Waals surface area contributed by atoms with Crippen molar-refractivity contribution in [3.8, 4) is 6.07 Å². The molecule has 0 unspecified atom stereocenters. The van der Waals surface area contributed by atoms with Crippen molar-refractivity contribution in [3.63, 3.8) is 0 Å². The molecule has 0 aliphatic carbocycles. The molecule has 0 saturated heterocycles. The lowest BCUT2D eigenvalue weighted by molar-refractivity contribution is 0.241. The van der Waals surface area contributed by atoms with Gasteiger partial charge in [0.2, 0.25) is 0 Å². The third-order valence-corrected chi connectivity index (χ3v) is 2.72. The van der Waals surface area contributed by atoms with Gasteiger partial charge in [-0.25, -0.2) is 0 Å². The Morgan fingerprint density at radius 2 is 2.12 bits per heavy atom. The first-order valence-electron chi connectivity index (χ1n) is 5.56. The maximum atomic E-state index is 8.81. The fraction of sp³-hybridized carbons (Fsp3) is 0.357. The molecule has 0 saturated carbocycles. The molecule has 1 aromatic rings. The van der Waals surface area contributed by atoms with Crippen molar-refractivity contribution in [1.29, 1.82) is 5.26 Å². The maximum absolute atomic E-state index is 8.81. The zero-order chi connectivity index (χ0) is 11.8. The zero-order valence-corrected chi connectivity index (χ0v) is 9.76. The number of hydrogen-bond donors (Lipinski definition) is 0. The molecule has 0 N–H and O–H groups in total. The van der Waals surface area contributed by atoms with Crippen molar-refractivity contribution in [2.45, 2.75) is 19.4 Å². The largest absolute Gasteiger partial charge is 0.283 e. The maximum Gasteiger partial charge on any atom is 0.0871 e. The summed E-state index contributed by atoms with van der Waals surface area (Å²) in [6.07, 6.45) is 2.81. The van der Waals surface area contributed by atoms with Crippen LogP contribution >= 0.6 is 0 Å². The minimum absolute atomic E-state index is 0.279. The lowest BCUT2D eigenvalue weighted by atomic mass is 10.1. The molecule has 0 aromatic heterocycles. The summed E-state index contributed by atoms with van der Waals surface area (Å²) in [7, 11) is 0. The van der Waals surface area contributed by atoms with Gasteiger partial charge in [-0.2, -0.15) is 5.26 Å². The summed E-state index contributed by atoms with van der Waals surface area (Å²) >= 11 is 0. The number of hydrogen-bond acceptors (Lipinski definition) is 2. The number of rotatable bonds is 6. The van der Waals surface area contributed by atoms with Gasteiger partial charge in [-0.1, -0.05) is 36.4 Å². The molecule has 1 rings (SSSR count). The molecule has 0 aliphatic rings. The topological polar surface area (TPSA) is 27.0 Å². The average Bonchev–Trinajstić information content (AvgIpc) is 2.35. The van der Waals surface area contributed by atoms with Gasteiger partial charge in [-0.3, -0.25) is 4.90 Å². The second kappa shape index (κ2) is 6.81. The van der Waals surface area contributed by atoms with Gasteiger partial charge in [0.05, 0.1) is 12.6 Å². The first kappa shape index (κ1) is 12.5. The molecule has 16 heavy (non-hydrogen) atoms. The van der Waals surface area contributed by atoms with Crippen LogP contribution in [0.15, 0.2) is 43.0 Å². The van der Waals surface area contributed by atoms with E-state index >= 15 is 0 Å². The summed E-state index contributed by atoms with van der Waals surface area (Å²) in [5.41, 5.74) is 1.25. The van der Waals surface area contributed by atoms with E-state index in [2.05, 4.69) is 36.6 Å². The van der Waals surface area contributed by atoms with Crippen molar-refractivity contribution >= 4 is 0 Å². The van der Waals surface area contributed by atoms with Crippen LogP contribution in [0.2, 0.25) is 0 Å². The number of nitrogens with zero attached hydrogens (tertiary/aromatic N) is 2. The Kier molecular flexibility index (Phi) is 5.31. The van der Waals surface area contributed by atoms with Crippen LogP contribution in [-0.2, 0) is 0 Å². The molecule has 0 bridgehead atoms. The average molecular weight is 214 g/mol. The highest BCUT2D eigenvalue weighted by Crippen LogP contribution is 2.19. The Bertz CT molecular complexity index is 351. The van der Waals surface area contributed by atoms with E-state index in [0.29, 0.717) is 6.54 Å². The molecule has 1 aromatic carbocycles. The van der Waals surface area contributed by atoms with Gasteiger partial charge in [0, 0.05) is 12.6 Å².